The zero-order valence-corrected chi connectivity index (χ0v) is 12.5. The summed E-state index contributed by atoms with van der Waals surface area (Å²) in [4.78, 5) is 0. The second-order valence-corrected chi connectivity index (χ2v) is 5.95. The van der Waals surface area contributed by atoms with Crippen LogP contribution in [0.1, 0.15) is 11.1 Å². The average molecular weight is 321 g/mol. The van der Waals surface area contributed by atoms with Crippen LogP contribution in [0.4, 0.5) is 0 Å². The molecule has 100 valence electrons. The van der Waals surface area contributed by atoms with Crippen molar-refractivity contribution in [2.75, 3.05) is 11.0 Å². The van der Waals surface area contributed by atoms with Crippen LogP contribution in [-0.2, 0) is 22.7 Å². The summed E-state index contributed by atoms with van der Waals surface area (Å²) in [5.41, 5.74) is 4.06. The molecule has 0 amide bonds. The van der Waals surface area contributed by atoms with E-state index in [4.69, 9.17) is 9.47 Å². The Hall–Kier alpha value is -1.12. The van der Waals surface area contributed by atoms with Crippen molar-refractivity contribution in [2.45, 2.75) is 13.2 Å². The summed E-state index contributed by atoms with van der Waals surface area (Å²) in [6.07, 6.45) is 0. The van der Waals surface area contributed by atoms with Gasteiger partial charge in [-0.05, 0) is 0 Å². The Morgan fingerprint density at radius 3 is 1.47 bits per heavy atom. The molecular formula is C16H18O2Se. The van der Waals surface area contributed by atoms with Gasteiger partial charge in [0.15, 0.2) is 0 Å². The third-order valence-electron chi connectivity index (χ3n) is 2.56. The molecule has 0 aliphatic carbocycles. The van der Waals surface area contributed by atoms with E-state index in [1.165, 1.54) is 11.1 Å². The van der Waals surface area contributed by atoms with Crippen LogP contribution in [0.15, 0.2) is 60.7 Å². The molecule has 0 spiro atoms. The van der Waals surface area contributed by atoms with Crippen molar-refractivity contribution in [3.63, 3.8) is 0 Å². The molecule has 3 heteroatoms. The summed E-state index contributed by atoms with van der Waals surface area (Å²) < 4.78 is 11.2. The molecule has 2 aromatic rings. The van der Waals surface area contributed by atoms with Gasteiger partial charge in [-0.3, -0.25) is 0 Å². The summed E-state index contributed by atoms with van der Waals surface area (Å²) in [7, 11) is 0. The second-order valence-electron chi connectivity index (χ2n) is 4.11. The number of rotatable bonds is 8. The molecule has 0 unspecified atom stereocenters. The molecule has 0 fully saturated rings. The molecule has 0 heterocycles. The van der Waals surface area contributed by atoms with Crippen LogP contribution < -0.4 is 0 Å². The fourth-order valence-electron chi connectivity index (χ4n) is 1.62. The van der Waals surface area contributed by atoms with E-state index >= 15 is 0 Å². The van der Waals surface area contributed by atoms with E-state index in [9.17, 15) is 0 Å². The van der Waals surface area contributed by atoms with E-state index in [0.717, 1.165) is 11.0 Å². The van der Waals surface area contributed by atoms with Gasteiger partial charge < -0.3 is 0 Å². The number of ether oxygens (including phenoxy) is 2. The van der Waals surface area contributed by atoms with Crippen LogP contribution in [0, 0.1) is 0 Å². The third-order valence-corrected chi connectivity index (χ3v) is 3.96. The van der Waals surface area contributed by atoms with E-state index in [-0.39, 0.29) is 0 Å². The Labute approximate surface area is 120 Å². The van der Waals surface area contributed by atoms with Crippen molar-refractivity contribution < 1.29 is 9.47 Å². The van der Waals surface area contributed by atoms with Crippen molar-refractivity contribution in [1.29, 1.82) is 0 Å². The Bertz CT molecular complexity index is 401. The zero-order valence-electron chi connectivity index (χ0n) is 10.8. The SMILES string of the molecule is c1ccc(COC[Se]COCc2ccccc2)cc1. The van der Waals surface area contributed by atoms with Crippen molar-refractivity contribution in [3.8, 4) is 0 Å². The van der Waals surface area contributed by atoms with Crippen molar-refractivity contribution in [1.82, 2.24) is 0 Å². The maximum atomic E-state index is 5.62. The molecule has 0 radical (unpaired) electrons. The molecule has 2 aromatic carbocycles. The second kappa shape index (κ2) is 8.89. The van der Waals surface area contributed by atoms with Crippen LogP contribution in [0.3, 0.4) is 0 Å². The molecule has 2 nitrogen and oxygen atoms in total. The van der Waals surface area contributed by atoms with Gasteiger partial charge in [0, 0.05) is 0 Å². The Morgan fingerprint density at radius 2 is 1.05 bits per heavy atom. The van der Waals surface area contributed by atoms with Gasteiger partial charge in [-0.15, -0.1) is 0 Å². The van der Waals surface area contributed by atoms with E-state index in [2.05, 4.69) is 24.3 Å². The van der Waals surface area contributed by atoms with E-state index in [1.54, 1.807) is 0 Å². The fraction of sp³-hybridized carbons (Fsp3) is 0.250. The average Bonchev–Trinajstić information content (AvgIpc) is 2.48. The predicted molar refractivity (Wildman–Crippen MR) is 78.0 cm³/mol. The van der Waals surface area contributed by atoms with Crippen LogP contribution in [0.5, 0.6) is 0 Å². The van der Waals surface area contributed by atoms with Gasteiger partial charge in [0.1, 0.15) is 0 Å². The van der Waals surface area contributed by atoms with E-state index in [1.807, 2.05) is 36.4 Å². The molecule has 0 aliphatic rings. The fourth-order valence-corrected chi connectivity index (χ4v) is 2.61. The molecule has 0 saturated carbocycles. The molecule has 0 atom stereocenters. The van der Waals surface area contributed by atoms with Gasteiger partial charge in [-0.2, -0.15) is 0 Å². The quantitative estimate of drug-likeness (QED) is 0.550. The Morgan fingerprint density at radius 1 is 0.632 bits per heavy atom. The minimum absolute atomic E-state index is 0.392. The summed E-state index contributed by atoms with van der Waals surface area (Å²) in [5, 5.41) is 0. The maximum absolute atomic E-state index is 5.62. The molecule has 0 aliphatic heterocycles. The first-order valence-electron chi connectivity index (χ1n) is 6.26. The summed E-state index contributed by atoms with van der Waals surface area (Å²) in [6.45, 7) is 1.39. The summed E-state index contributed by atoms with van der Waals surface area (Å²) in [5.74, 6) is 0. The van der Waals surface area contributed by atoms with Gasteiger partial charge in [-0.25, -0.2) is 0 Å². The Kier molecular flexibility index (Phi) is 6.69. The molecule has 0 aromatic heterocycles. The predicted octanol–water partition coefficient (Wildman–Crippen LogP) is 3.04. The number of hydrogen-bond donors (Lipinski definition) is 0. The van der Waals surface area contributed by atoms with Crippen molar-refractivity contribution in [2.24, 2.45) is 0 Å². The van der Waals surface area contributed by atoms with Crippen LogP contribution >= 0.6 is 0 Å². The first-order valence-corrected chi connectivity index (χ1v) is 8.68. The monoisotopic (exact) mass is 322 g/mol. The topological polar surface area (TPSA) is 18.5 Å². The van der Waals surface area contributed by atoms with Gasteiger partial charge in [0.25, 0.3) is 0 Å². The molecule has 0 bridgehead atoms. The third kappa shape index (κ3) is 6.04. The molecule has 2 rings (SSSR count). The van der Waals surface area contributed by atoms with Gasteiger partial charge in [-0.1, -0.05) is 0 Å². The summed E-state index contributed by atoms with van der Waals surface area (Å²) >= 11 is 0.392. The first-order chi connectivity index (χ1) is 9.45. The normalized spacial score (nSPS) is 10.5. The molecule has 0 N–H and O–H groups in total. The van der Waals surface area contributed by atoms with Crippen LogP contribution in [0.2, 0.25) is 0 Å². The molecular weight excluding hydrogens is 303 g/mol. The van der Waals surface area contributed by atoms with Crippen molar-refractivity contribution >= 4 is 15.0 Å². The summed E-state index contributed by atoms with van der Waals surface area (Å²) in [6, 6.07) is 20.5. The molecule has 19 heavy (non-hydrogen) atoms. The minimum atomic E-state index is 0.392. The van der Waals surface area contributed by atoms with E-state index < -0.39 is 0 Å². The van der Waals surface area contributed by atoms with Gasteiger partial charge in [0.2, 0.25) is 0 Å². The van der Waals surface area contributed by atoms with Gasteiger partial charge >= 0.3 is 120 Å². The standard InChI is InChI=1S/C16H18O2Se/c1-3-7-15(8-4-1)11-17-13-19-14-18-12-16-9-5-2-6-10-16/h1-10H,11-14H2. The van der Waals surface area contributed by atoms with E-state index in [0.29, 0.717) is 28.2 Å². The molecule has 0 saturated heterocycles. The number of benzene rings is 2. The van der Waals surface area contributed by atoms with Gasteiger partial charge in [0.05, 0.1) is 0 Å². The first kappa shape index (κ1) is 14.3. The number of hydrogen-bond acceptors (Lipinski definition) is 2. The zero-order chi connectivity index (χ0) is 13.2. The van der Waals surface area contributed by atoms with Crippen molar-refractivity contribution in [3.05, 3.63) is 71.8 Å². The van der Waals surface area contributed by atoms with Crippen LogP contribution in [0.25, 0.3) is 0 Å². The Balaban J connectivity index is 1.49. The van der Waals surface area contributed by atoms with Crippen LogP contribution in [-0.4, -0.2) is 26.0 Å².